The van der Waals surface area contributed by atoms with Crippen molar-refractivity contribution in [2.75, 3.05) is 13.2 Å². The number of ether oxygens (including phenoxy) is 2. The second-order valence-corrected chi connectivity index (χ2v) is 4.14. The average molecular weight is 204 g/mol. The van der Waals surface area contributed by atoms with Gasteiger partial charge in [-0.2, -0.15) is 0 Å². The molecular formula is C10H20O4. The second-order valence-electron chi connectivity index (χ2n) is 4.14. The lowest BCUT2D eigenvalue weighted by Gasteiger charge is -2.40. The van der Waals surface area contributed by atoms with Crippen LogP contribution in [0.4, 0.5) is 0 Å². The summed E-state index contributed by atoms with van der Waals surface area (Å²) >= 11 is 0. The summed E-state index contributed by atoms with van der Waals surface area (Å²) < 4.78 is 11.3. The van der Waals surface area contributed by atoms with Gasteiger partial charge >= 0.3 is 0 Å². The summed E-state index contributed by atoms with van der Waals surface area (Å²) in [4.78, 5) is 0. The molecule has 0 amide bonds. The van der Waals surface area contributed by atoms with Crippen molar-refractivity contribution in [2.24, 2.45) is 0 Å². The average Bonchev–Trinajstić information content (AvgIpc) is 2.01. The fourth-order valence-electron chi connectivity index (χ4n) is 1.86. The van der Waals surface area contributed by atoms with Gasteiger partial charge in [-0.15, -0.1) is 0 Å². The monoisotopic (exact) mass is 204 g/mol. The van der Waals surface area contributed by atoms with Gasteiger partial charge in [0.05, 0.1) is 12.2 Å². The van der Waals surface area contributed by atoms with Gasteiger partial charge in [-0.1, -0.05) is 0 Å². The van der Waals surface area contributed by atoms with Crippen molar-refractivity contribution in [3.8, 4) is 0 Å². The Kier molecular flexibility index (Phi) is 4.31. The van der Waals surface area contributed by atoms with Gasteiger partial charge < -0.3 is 19.7 Å². The topological polar surface area (TPSA) is 58.9 Å². The molecule has 1 fully saturated rings. The number of hydrogen-bond donors (Lipinski definition) is 2. The van der Waals surface area contributed by atoms with Crippen LogP contribution in [0.3, 0.4) is 0 Å². The maximum absolute atomic E-state index is 8.83. The molecule has 0 bridgehead atoms. The first-order chi connectivity index (χ1) is 6.57. The highest BCUT2D eigenvalue weighted by molar-refractivity contribution is 4.76. The lowest BCUT2D eigenvalue weighted by atomic mass is 10.0. The maximum Gasteiger partial charge on any atom is 0.163 e. The quantitative estimate of drug-likeness (QED) is 0.706. The number of rotatable bonds is 4. The van der Waals surface area contributed by atoms with Gasteiger partial charge in [-0.05, 0) is 26.7 Å². The highest BCUT2D eigenvalue weighted by Gasteiger charge is 2.34. The largest absolute Gasteiger partial charge is 0.396 e. The zero-order valence-electron chi connectivity index (χ0n) is 8.90. The van der Waals surface area contributed by atoms with Crippen LogP contribution in [0.1, 0.15) is 33.1 Å². The fraction of sp³-hybridized carbons (Fsp3) is 1.00. The van der Waals surface area contributed by atoms with Crippen LogP contribution >= 0.6 is 0 Å². The third-order valence-corrected chi connectivity index (χ3v) is 2.33. The molecule has 2 N–H and O–H groups in total. The molecule has 2 atom stereocenters. The van der Waals surface area contributed by atoms with Crippen LogP contribution in [0.2, 0.25) is 0 Å². The van der Waals surface area contributed by atoms with E-state index in [1.807, 2.05) is 13.8 Å². The molecule has 1 aliphatic rings. The second kappa shape index (κ2) is 5.07. The zero-order valence-corrected chi connectivity index (χ0v) is 8.90. The molecule has 1 aliphatic heterocycles. The first kappa shape index (κ1) is 11.9. The molecule has 1 saturated heterocycles. The van der Waals surface area contributed by atoms with Crippen LogP contribution in [0.25, 0.3) is 0 Å². The Morgan fingerprint density at radius 2 is 1.50 bits per heavy atom. The van der Waals surface area contributed by atoms with Gasteiger partial charge in [0.2, 0.25) is 0 Å². The minimum absolute atomic E-state index is 0.0419. The maximum atomic E-state index is 8.83. The molecule has 0 aliphatic carbocycles. The lowest BCUT2D eigenvalue weighted by molar-refractivity contribution is -0.302. The van der Waals surface area contributed by atoms with Crippen molar-refractivity contribution >= 4 is 0 Å². The number of aliphatic hydroxyl groups is 2. The minimum Gasteiger partial charge on any atom is -0.396 e. The molecule has 1 rings (SSSR count). The fourth-order valence-corrected chi connectivity index (χ4v) is 1.86. The van der Waals surface area contributed by atoms with Crippen molar-refractivity contribution in [2.45, 2.75) is 51.1 Å². The van der Waals surface area contributed by atoms with Crippen LogP contribution in [0.5, 0.6) is 0 Å². The molecule has 1 heterocycles. The Hall–Kier alpha value is -0.160. The van der Waals surface area contributed by atoms with Crippen LogP contribution in [0, 0.1) is 0 Å². The smallest absolute Gasteiger partial charge is 0.163 e. The van der Waals surface area contributed by atoms with Crippen molar-refractivity contribution < 1.29 is 19.7 Å². The molecule has 14 heavy (non-hydrogen) atoms. The summed E-state index contributed by atoms with van der Waals surface area (Å²) in [5.74, 6) is -0.599. The molecule has 0 aromatic carbocycles. The normalized spacial score (nSPS) is 31.7. The Balaban J connectivity index is 2.48. The van der Waals surface area contributed by atoms with E-state index in [2.05, 4.69) is 0 Å². The van der Waals surface area contributed by atoms with Crippen molar-refractivity contribution in [1.29, 1.82) is 0 Å². The van der Waals surface area contributed by atoms with Gasteiger partial charge in [-0.25, -0.2) is 0 Å². The molecule has 0 aromatic heterocycles. The van der Waals surface area contributed by atoms with E-state index in [-0.39, 0.29) is 25.4 Å². The predicted molar refractivity (Wildman–Crippen MR) is 51.8 cm³/mol. The summed E-state index contributed by atoms with van der Waals surface area (Å²) in [5, 5.41) is 17.7. The van der Waals surface area contributed by atoms with Crippen molar-refractivity contribution in [1.82, 2.24) is 0 Å². The third-order valence-electron chi connectivity index (χ3n) is 2.33. The van der Waals surface area contributed by atoms with Gasteiger partial charge in [0.1, 0.15) is 0 Å². The van der Waals surface area contributed by atoms with Gasteiger partial charge in [0, 0.05) is 19.6 Å². The first-order valence-corrected chi connectivity index (χ1v) is 5.15. The Bertz CT molecular complexity index is 154. The summed E-state index contributed by atoms with van der Waals surface area (Å²) in [7, 11) is 0. The highest BCUT2D eigenvalue weighted by atomic mass is 16.7. The summed E-state index contributed by atoms with van der Waals surface area (Å²) in [5.41, 5.74) is 0. The Labute approximate surface area is 84.8 Å². The van der Waals surface area contributed by atoms with Crippen LogP contribution in [-0.2, 0) is 9.47 Å². The Morgan fingerprint density at radius 3 is 1.86 bits per heavy atom. The zero-order chi connectivity index (χ0) is 10.6. The van der Waals surface area contributed by atoms with Gasteiger partial charge in [-0.3, -0.25) is 0 Å². The summed E-state index contributed by atoms with van der Waals surface area (Å²) in [6.07, 6.45) is 2.11. The molecule has 0 spiro atoms. The van der Waals surface area contributed by atoms with E-state index in [0.29, 0.717) is 12.8 Å². The van der Waals surface area contributed by atoms with Crippen molar-refractivity contribution in [3.05, 3.63) is 0 Å². The molecule has 0 unspecified atom stereocenters. The Morgan fingerprint density at radius 1 is 1.07 bits per heavy atom. The van der Waals surface area contributed by atoms with E-state index >= 15 is 0 Å². The molecule has 0 saturated carbocycles. The SMILES string of the molecule is CC1(C)O[C@H](CCO)C[C@@H](CCO)O1. The lowest BCUT2D eigenvalue weighted by Crippen LogP contribution is -2.45. The van der Waals surface area contributed by atoms with E-state index in [0.717, 1.165) is 6.42 Å². The van der Waals surface area contributed by atoms with E-state index in [9.17, 15) is 0 Å². The molecule has 4 heteroatoms. The van der Waals surface area contributed by atoms with E-state index < -0.39 is 5.79 Å². The molecule has 84 valence electrons. The van der Waals surface area contributed by atoms with Crippen LogP contribution < -0.4 is 0 Å². The molecule has 0 aromatic rings. The van der Waals surface area contributed by atoms with Gasteiger partial charge in [0.25, 0.3) is 0 Å². The van der Waals surface area contributed by atoms with E-state index in [1.54, 1.807) is 0 Å². The van der Waals surface area contributed by atoms with Crippen molar-refractivity contribution in [3.63, 3.8) is 0 Å². The molecule has 4 nitrogen and oxygen atoms in total. The van der Waals surface area contributed by atoms with Crippen LogP contribution in [0.15, 0.2) is 0 Å². The predicted octanol–water partition coefficient (Wildman–Crippen LogP) is 0.661. The minimum atomic E-state index is -0.599. The van der Waals surface area contributed by atoms with Gasteiger partial charge in [0.15, 0.2) is 5.79 Å². The summed E-state index contributed by atoms with van der Waals surface area (Å²) in [6.45, 7) is 3.99. The number of aliphatic hydroxyl groups excluding tert-OH is 2. The molecule has 0 radical (unpaired) electrons. The first-order valence-electron chi connectivity index (χ1n) is 5.15. The van der Waals surface area contributed by atoms with E-state index in [4.69, 9.17) is 19.7 Å². The number of hydrogen-bond acceptors (Lipinski definition) is 4. The third kappa shape index (κ3) is 3.53. The highest BCUT2D eigenvalue weighted by Crippen LogP contribution is 2.29. The summed E-state index contributed by atoms with van der Waals surface area (Å²) in [6, 6.07) is 0. The van der Waals surface area contributed by atoms with E-state index in [1.165, 1.54) is 0 Å². The van der Waals surface area contributed by atoms with Crippen LogP contribution in [-0.4, -0.2) is 41.4 Å². The standard InChI is InChI=1S/C10H20O4/c1-10(2)13-8(3-5-11)7-9(14-10)4-6-12/h8-9,11-12H,3-7H2,1-2H3/t8-,9-/m1/s1. The molecular weight excluding hydrogens is 184 g/mol.